The highest BCUT2D eigenvalue weighted by Crippen LogP contribution is 2.53. The van der Waals surface area contributed by atoms with Crippen LogP contribution in [0.5, 0.6) is 23.0 Å². The Morgan fingerprint density at radius 2 is 1.71 bits per heavy atom. The number of carboxylic acids is 1. The Bertz CT molecular complexity index is 1540. The number of phenols is 2. The van der Waals surface area contributed by atoms with Gasteiger partial charge in [-0.1, -0.05) is 48.5 Å². The number of rotatable bonds is 5. The van der Waals surface area contributed by atoms with Crippen LogP contribution >= 0.6 is 0 Å². The number of carbonyl (C=O) groups is 2. The lowest BCUT2D eigenvalue weighted by Gasteiger charge is -2.27. The zero-order chi connectivity index (χ0) is 24.7. The number of hydrogen-bond acceptors (Lipinski definition) is 8. The lowest BCUT2D eigenvalue weighted by atomic mass is 9.84. The van der Waals surface area contributed by atoms with Crippen LogP contribution in [0.2, 0.25) is 0 Å². The first-order valence-corrected chi connectivity index (χ1v) is 10.6. The zero-order valence-corrected chi connectivity index (χ0v) is 18.1. The van der Waals surface area contributed by atoms with Gasteiger partial charge in [-0.2, -0.15) is 0 Å². The number of phenolic OH excluding ortho intramolecular Hbond substituents is 2. The summed E-state index contributed by atoms with van der Waals surface area (Å²) in [4.78, 5) is 36.6. The van der Waals surface area contributed by atoms with Crippen molar-refractivity contribution < 1.29 is 38.8 Å². The van der Waals surface area contributed by atoms with Crippen LogP contribution < -0.4 is 14.9 Å². The van der Waals surface area contributed by atoms with Crippen LogP contribution in [0.15, 0.2) is 69.9 Å². The van der Waals surface area contributed by atoms with E-state index in [0.29, 0.717) is 11.1 Å². The van der Waals surface area contributed by atoms with E-state index in [0.717, 1.165) is 0 Å². The van der Waals surface area contributed by atoms with E-state index >= 15 is 0 Å². The summed E-state index contributed by atoms with van der Waals surface area (Å²) in [6, 6.07) is 16.5. The maximum atomic E-state index is 13.1. The molecule has 1 atom stereocenters. The highest BCUT2D eigenvalue weighted by molar-refractivity contribution is 5.96. The Morgan fingerprint density at radius 1 is 1.00 bits per heavy atom. The Kier molecular flexibility index (Phi) is 5.37. The van der Waals surface area contributed by atoms with E-state index in [2.05, 4.69) is 0 Å². The fourth-order valence-electron chi connectivity index (χ4n) is 4.26. The summed E-state index contributed by atoms with van der Waals surface area (Å²) in [7, 11) is 0. The number of esters is 1. The molecule has 5 rings (SSSR count). The third-order valence-corrected chi connectivity index (χ3v) is 5.75. The second-order valence-electron chi connectivity index (χ2n) is 7.94. The highest BCUT2D eigenvalue weighted by atomic mass is 16.5. The van der Waals surface area contributed by atoms with Gasteiger partial charge in [0.25, 0.3) is 0 Å². The first-order chi connectivity index (χ1) is 16.8. The molecule has 0 fully saturated rings. The third kappa shape index (κ3) is 3.82. The second-order valence-corrected chi connectivity index (χ2v) is 7.94. The van der Waals surface area contributed by atoms with E-state index < -0.39 is 41.4 Å². The van der Waals surface area contributed by atoms with Crippen LogP contribution in [0.1, 0.15) is 23.5 Å². The average Bonchev–Trinajstić information content (AvgIpc) is 2.85. The molecule has 3 N–H and O–H groups in total. The molecule has 35 heavy (non-hydrogen) atoms. The summed E-state index contributed by atoms with van der Waals surface area (Å²) >= 11 is 0. The molecular formula is C26H18O9. The van der Waals surface area contributed by atoms with Crippen LogP contribution in [0.3, 0.4) is 0 Å². The van der Waals surface area contributed by atoms with Gasteiger partial charge in [0, 0.05) is 23.1 Å². The lowest BCUT2D eigenvalue weighted by Crippen LogP contribution is -2.23. The molecule has 176 valence electrons. The van der Waals surface area contributed by atoms with Gasteiger partial charge in [0.2, 0.25) is 5.75 Å². The molecule has 1 unspecified atom stereocenters. The van der Waals surface area contributed by atoms with Crippen molar-refractivity contribution in [2.75, 3.05) is 6.61 Å². The fraction of sp³-hybridized carbons (Fsp3) is 0.115. The first-order valence-electron chi connectivity index (χ1n) is 10.6. The smallest absolute Gasteiger partial charge is 0.341 e. The molecule has 3 aromatic carbocycles. The maximum absolute atomic E-state index is 13.1. The summed E-state index contributed by atoms with van der Waals surface area (Å²) < 4.78 is 16.8. The van der Waals surface area contributed by atoms with Gasteiger partial charge in [-0.15, -0.1) is 0 Å². The van der Waals surface area contributed by atoms with Gasteiger partial charge in [-0.3, -0.25) is 9.59 Å². The Hall–Kier alpha value is -4.79. The van der Waals surface area contributed by atoms with Gasteiger partial charge in [0.15, 0.2) is 23.5 Å². The number of ether oxygens (including phenoxy) is 2. The van der Waals surface area contributed by atoms with Crippen LogP contribution in [0.25, 0.3) is 22.3 Å². The molecular weight excluding hydrogens is 456 g/mol. The number of aromatic hydroxyl groups is 2. The first kappa shape index (κ1) is 22.0. The topological polar surface area (TPSA) is 144 Å². The highest BCUT2D eigenvalue weighted by Gasteiger charge is 2.37. The van der Waals surface area contributed by atoms with E-state index in [1.807, 2.05) is 0 Å². The molecule has 0 aliphatic carbocycles. The fourth-order valence-corrected chi connectivity index (χ4v) is 4.26. The molecule has 0 radical (unpaired) electrons. The van der Waals surface area contributed by atoms with E-state index in [1.54, 1.807) is 54.6 Å². The predicted octanol–water partition coefficient (Wildman–Crippen LogP) is 3.78. The van der Waals surface area contributed by atoms with Gasteiger partial charge in [-0.25, -0.2) is 4.79 Å². The molecule has 0 bridgehead atoms. The molecule has 0 saturated heterocycles. The molecule has 9 heteroatoms. The standard InChI is InChI=1S/C26H18O9/c27-16-11-18(13-6-2-1-3-7-13)34-25-21-15(14-8-4-5-9-17(14)33-12-19(28)29)10-20(30)35-26(21)24(32)23(31)22(16)25/h1-9,11,15,31-32H,10,12H2,(H,28,29). The van der Waals surface area contributed by atoms with Crippen LogP contribution in [0.4, 0.5) is 0 Å². The van der Waals surface area contributed by atoms with Crippen molar-refractivity contribution >= 4 is 22.9 Å². The summed E-state index contributed by atoms with van der Waals surface area (Å²) in [6.07, 6.45) is -0.209. The van der Waals surface area contributed by atoms with Crippen molar-refractivity contribution in [2.24, 2.45) is 0 Å². The van der Waals surface area contributed by atoms with Crippen molar-refractivity contribution in [1.82, 2.24) is 0 Å². The number of carboxylic acid groups (broad SMARTS) is 1. The molecule has 4 aromatic rings. The molecule has 0 amide bonds. The van der Waals surface area contributed by atoms with Crippen molar-refractivity contribution in [1.29, 1.82) is 0 Å². The minimum atomic E-state index is -1.19. The number of benzene rings is 3. The van der Waals surface area contributed by atoms with Crippen LogP contribution in [-0.4, -0.2) is 33.9 Å². The van der Waals surface area contributed by atoms with E-state index in [-0.39, 0.29) is 40.2 Å². The predicted molar refractivity (Wildman–Crippen MR) is 123 cm³/mol. The number of hydrogen-bond donors (Lipinski definition) is 3. The molecule has 0 saturated carbocycles. The van der Waals surface area contributed by atoms with Crippen molar-refractivity contribution in [3.63, 3.8) is 0 Å². The number of carbonyl (C=O) groups excluding carboxylic acids is 1. The molecule has 2 heterocycles. The second kappa shape index (κ2) is 8.53. The number of aliphatic carboxylic acids is 1. The SMILES string of the molecule is O=C(O)COc1ccccc1C1CC(=O)Oc2c(O)c(O)c3c(=O)cc(-c4ccccc4)oc3c21. The zero-order valence-electron chi connectivity index (χ0n) is 18.1. The number of fused-ring (bicyclic) bond motifs is 3. The molecule has 0 spiro atoms. The van der Waals surface area contributed by atoms with Crippen molar-refractivity contribution in [2.45, 2.75) is 12.3 Å². The summed E-state index contributed by atoms with van der Waals surface area (Å²) in [5, 5.41) is 30.0. The van der Waals surface area contributed by atoms with Crippen LogP contribution in [-0.2, 0) is 9.59 Å². The molecule has 9 nitrogen and oxygen atoms in total. The van der Waals surface area contributed by atoms with Crippen LogP contribution in [0, 0.1) is 0 Å². The van der Waals surface area contributed by atoms with Gasteiger partial charge in [-0.05, 0) is 6.07 Å². The van der Waals surface area contributed by atoms with Gasteiger partial charge in [0.05, 0.1) is 12.0 Å². The van der Waals surface area contributed by atoms with Crippen molar-refractivity contribution in [3.8, 4) is 34.3 Å². The molecule has 1 aliphatic rings. The van der Waals surface area contributed by atoms with Gasteiger partial charge in [0.1, 0.15) is 22.5 Å². The largest absolute Gasteiger partial charge is 0.504 e. The summed E-state index contributed by atoms with van der Waals surface area (Å²) in [6.45, 7) is -0.615. The van der Waals surface area contributed by atoms with E-state index in [4.69, 9.17) is 19.0 Å². The minimum absolute atomic E-state index is 0.0628. The van der Waals surface area contributed by atoms with Crippen molar-refractivity contribution in [3.05, 3.63) is 82.0 Å². The van der Waals surface area contributed by atoms with Gasteiger partial charge >= 0.3 is 11.9 Å². The summed E-state index contributed by atoms with van der Waals surface area (Å²) in [5.41, 5.74) is 0.517. The van der Waals surface area contributed by atoms with Gasteiger partial charge < -0.3 is 29.2 Å². The third-order valence-electron chi connectivity index (χ3n) is 5.75. The maximum Gasteiger partial charge on any atom is 0.341 e. The minimum Gasteiger partial charge on any atom is -0.504 e. The lowest BCUT2D eigenvalue weighted by molar-refractivity contribution is -0.139. The number of para-hydroxylation sites is 1. The van der Waals surface area contributed by atoms with E-state index in [9.17, 15) is 24.6 Å². The Balaban J connectivity index is 1.81. The monoisotopic (exact) mass is 474 g/mol. The Morgan fingerprint density at radius 3 is 2.46 bits per heavy atom. The van der Waals surface area contributed by atoms with E-state index in [1.165, 1.54) is 6.07 Å². The normalized spacial score (nSPS) is 14.9. The Labute approximate surface area is 197 Å². The molecule has 1 aromatic heterocycles. The average molecular weight is 474 g/mol. The summed E-state index contributed by atoms with van der Waals surface area (Å²) in [5.74, 6) is -4.19. The molecule has 1 aliphatic heterocycles. The quantitative estimate of drug-likeness (QED) is 0.224.